The van der Waals surface area contributed by atoms with Gasteiger partial charge in [0.2, 0.25) is 18.1 Å². The van der Waals surface area contributed by atoms with Crippen molar-refractivity contribution in [1.29, 1.82) is 0 Å². The Balaban J connectivity index is 1.39. The third-order valence-corrected chi connectivity index (χ3v) is 7.31. The molecule has 0 radical (unpaired) electrons. The molecule has 13 heteroatoms. The number of hydrogen-bond donors (Lipinski definition) is 3. The van der Waals surface area contributed by atoms with Crippen molar-refractivity contribution in [3.05, 3.63) is 28.2 Å². The number of nitrogens with zero attached hydrogens (tertiary/aromatic N) is 4. The second kappa shape index (κ2) is 13.6. The first-order valence-electron chi connectivity index (χ1n) is 12.7. The number of ether oxygens (including phenoxy) is 1. The fourth-order valence-electron chi connectivity index (χ4n) is 4.67. The third-order valence-electron chi connectivity index (χ3n) is 6.53. The summed E-state index contributed by atoms with van der Waals surface area (Å²) in [5.41, 5.74) is 5.20. The number of thiazole rings is 1. The Morgan fingerprint density at radius 1 is 1.27 bits per heavy atom. The molecule has 4 rings (SSSR count). The molecule has 1 saturated carbocycles. The minimum Gasteiger partial charge on any atom is -0.361 e. The van der Waals surface area contributed by atoms with E-state index in [0.29, 0.717) is 44.1 Å². The van der Waals surface area contributed by atoms with Crippen LogP contribution in [0, 0.1) is 24.6 Å². The third kappa shape index (κ3) is 8.04. The number of hydrogen-bond acceptors (Lipinski definition) is 10. The monoisotopic (exact) mass is 535 g/mol. The number of carbonyl (C=O) groups is 2. The Bertz CT molecular complexity index is 1020. The highest BCUT2D eigenvalue weighted by Gasteiger charge is 2.29. The van der Waals surface area contributed by atoms with E-state index in [1.165, 1.54) is 11.3 Å². The molecular weight excluding hydrogens is 501 g/mol. The maximum absolute atomic E-state index is 15.1. The fraction of sp³-hybridized carbons (Fsp3) is 0.625. The Hall–Kier alpha value is -2.90. The summed E-state index contributed by atoms with van der Waals surface area (Å²) in [6, 6.07) is 0. The first-order valence-corrected chi connectivity index (χ1v) is 13.6. The van der Waals surface area contributed by atoms with Crippen LogP contribution in [0.2, 0.25) is 0 Å². The van der Waals surface area contributed by atoms with Gasteiger partial charge in [-0.3, -0.25) is 20.4 Å². The molecule has 11 nitrogen and oxygen atoms in total. The smallest absolute Gasteiger partial charge is 0.243 e. The number of hydrazine groups is 1. The van der Waals surface area contributed by atoms with E-state index < -0.39 is 18.0 Å². The highest BCUT2D eigenvalue weighted by atomic mass is 32.1. The van der Waals surface area contributed by atoms with Gasteiger partial charge in [-0.1, -0.05) is 25.7 Å². The van der Waals surface area contributed by atoms with E-state index in [9.17, 15) is 9.59 Å². The molecule has 2 aromatic heterocycles. The van der Waals surface area contributed by atoms with Crippen molar-refractivity contribution in [3.63, 3.8) is 0 Å². The molecule has 0 bridgehead atoms. The van der Waals surface area contributed by atoms with Crippen LogP contribution in [0.15, 0.2) is 11.6 Å². The van der Waals surface area contributed by atoms with E-state index in [2.05, 4.69) is 31.1 Å². The summed E-state index contributed by atoms with van der Waals surface area (Å²) in [7, 11) is 0. The van der Waals surface area contributed by atoms with Gasteiger partial charge in [0.1, 0.15) is 10.8 Å². The summed E-state index contributed by atoms with van der Waals surface area (Å²) in [6.45, 7) is 2.60. The van der Waals surface area contributed by atoms with Gasteiger partial charge in [-0.05, 0) is 32.1 Å². The molecule has 2 atom stereocenters. The first-order chi connectivity index (χ1) is 18.0. The zero-order valence-electron chi connectivity index (χ0n) is 21.0. The van der Waals surface area contributed by atoms with Crippen molar-refractivity contribution in [3.8, 4) is 0 Å². The van der Waals surface area contributed by atoms with Gasteiger partial charge in [-0.25, -0.2) is 24.9 Å². The molecule has 2 amide bonds. The lowest BCUT2D eigenvalue weighted by molar-refractivity contribution is -0.276. The highest BCUT2D eigenvalue weighted by Crippen LogP contribution is 2.31. The van der Waals surface area contributed by atoms with E-state index >= 15 is 4.39 Å². The fourth-order valence-corrected chi connectivity index (χ4v) is 5.22. The Kier molecular flexibility index (Phi) is 9.97. The zero-order chi connectivity index (χ0) is 26.0. The molecule has 3 N–H and O–H groups in total. The molecule has 0 spiro atoms. The van der Waals surface area contributed by atoms with Crippen LogP contribution in [-0.4, -0.2) is 51.8 Å². The number of rotatable bonds is 13. The van der Waals surface area contributed by atoms with Crippen molar-refractivity contribution in [2.45, 2.75) is 71.1 Å². The number of carbonyl (C=O) groups excluding carboxylic acids is 2. The number of halogens is 1. The maximum atomic E-state index is 15.1. The van der Waals surface area contributed by atoms with E-state index in [0.717, 1.165) is 48.6 Å². The summed E-state index contributed by atoms with van der Waals surface area (Å²) in [4.78, 5) is 43.0. The second-order valence-corrected chi connectivity index (χ2v) is 10.3. The SMILES string of the molecule is Cc1nc(NCc2nccs2)c(F)c(NNC(=O)[C@@H](CC2CCCC2)CN(C=O)OC2CCCCO2)n1. The number of hydroxylamine groups is 2. The van der Waals surface area contributed by atoms with Gasteiger partial charge in [0.25, 0.3) is 0 Å². The van der Waals surface area contributed by atoms with Gasteiger partial charge >= 0.3 is 0 Å². The molecule has 2 aromatic rings. The standard InChI is InChI=1S/C24H34FN7O4S/c1-16-28-22(27-13-19-26-9-11-37-19)21(25)23(29-16)30-31-24(34)18(12-17-6-2-3-7-17)14-32(15-33)36-20-8-4-5-10-35-20/h9,11,15,17-18,20H,2-8,10,12-14H2,1H3,(H,31,34)(H2,27,28,29,30)/t18-,20?/m0/s1. The topological polar surface area (TPSA) is 131 Å². The number of aromatic nitrogens is 3. The predicted molar refractivity (Wildman–Crippen MR) is 135 cm³/mol. The maximum Gasteiger partial charge on any atom is 0.243 e. The highest BCUT2D eigenvalue weighted by molar-refractivity contribution is 7.09. The van der Waals surface area contributed by atoms with E-state index in [1.54, 1.807) is 13.1 Å². The molecular formula is C24H34FN7O4S. The summed E-state index contributed by atoms with van der Waals surface area (Å²) in [5, 5.41) is 6.69. The van der Waals surface area contributed by atoms with Crippen LogP contribution in [0.5, 0.6) is 0 Å². The van der Waals surface area contributed by atoms with Crippen LogP contribution in [0.25, 0.3) is 0 Å². The summed E-state index contributed by atoms with van der Waals surface area (Å²) >= 11 is 1.45. The lowest BCUT2D eigenvalue weighted by Gasteiger charge is -2.29. The van der Waals surface area contributed by atoms with Crippen molar-refractivity contribution in [2.75, 3.05) is 23.9 Å². The number of anilines is 2. The van der Waals surface area contributed by atoms with Crippen molar-refractivity contribution < 1.29 is 23.6 Å². The van der Waals surface area contributed by atoms with Crippen LogP contribution in [0.1, 0.15) is 62.2 Å². The zero-order valence-corrected chi connectivity index (χ0v) is 21.8. The number of nitrogens with one attached hydrogen (secondary N) is 3. The lowest BCUT2D eigenvalue weighted by atomic mass is 9.92. The van der Waals surface area contributed by atoms with Gasteiger partial charge < -0.3 is 10.1 Å². The largest absolute Gasteiger partial charge is 0.361 e. The van der Waals surface area contributed by atoms with Gasteiger partial charge in [0.15, 0.2) is 17.9 Å². The molecule has 2 aliphatic rings. The van der Waals surface area contributed by atoms with Crippen molar-refractivity contribution >= 4 is 35.3 Å². The van der Waals surface area contributed by atoms with Crippen LogP contribution < -0.4 is 16.2 Å². The number of aryl methyl sites for hydroxylation is 1. The van der Waals surface area contributed by atoms with Gasteiger partial charge in [-0.15, -0.1) is 11.3 Å². The molecule has 1 unspecified atom stereocenters. The van der Waals surface area contributed by atoms with Crippen LogP contribution >= 0.6 is 11.3 Å². The molecule has 1 aliphatic carbocycles. The molecule has 1 aliphatic heterocycles. The van der Waals surface area contributed by atoms with Gasteiger partial charge in [0.05, 0.1) is 19.0 Å². The minimum absolute atomic E-state index is 0.00923. The Morgan fingerprint density at radius 2 is 2.05 bits per heavy atom. The average Bonchev–Trinajstić information content (AvgIpc) is 3.62. The molecule has 202 valence electrons. The van der Waals surface area contributed by atoms with Crippen LogP contribution in [0.4, 0.5) is 16.0 Å². The van der Waals surface area contributed by atoms with Crippen molar-refractivity contribution in [2.24, 2.45) is 11.8 Å². The Morgan fingerprint density at radius 3 is 2.76 bits per heavy atom. The summed E-state index contributed by atoms with van der Waals surface area (Å²) in [5.74, 6) is -1.08. The average molecular weight is 536 g/mol. The van der Waals surface area contributed by atoms with E-state index in [1.807, 2.05) is 5.38 Å². The van der Waals surface area contributed by atoms with Crippen LogP contribution in [0.3, 0.4) is 0 Å². The molecule has 3 heterocycles. The van der Waals surface area contributed by atoms with Gasteiger partial charge in [-0.2, -0.15) is 4.39 Å². The van der Waals surface area contributed by atoms with E-state index in [4.69, 9.17) is 9.57 Å². The normalized spacial score (nSPS) is 18.8. The summed E-state index contributed by atoms with van der Waals surface area (Å²) < 4.78 is 20.6. The van der Waals surface area contributed by atoms with Crippen LogP contribution in [-0.2, 0) is 25.7 Å². The van der Waals surface area contributed by atoms with Crippen molar-refractivity contribution in [1.82, 2.24) is 25.4 Å². The summed E-state index contributed by atoms with van der Waals surface area (Å²) in [6.07, 6.45) is 9.29. The lowest BCUT2D eigenvalue weighted by Crippen LogP contribution is -2.43. The quantitative estimate of drug-likeness (QED) is 0.260. The predicted octanol–water partition coefficient (Wildman–Crippen LogP) is 3.55. The van der Waals surface area contributed by atoms with E-state index in [-0.39, 0.29) is 24.1 Å². The minimum atomic E-state index is -0.720. The number of amides is 2. The second-order valence-electron chi connectivity index (χ2n) is 9.37. The Labute approximate surface area is 219 Å². The van der Waals surface area contributed by atoms with Gasteiger partial charge in [0, 0.05) is 24.6 Å². The molecule has 2 fully saturated rings. The first kappa shape index (κ1) is 27.1. The molecule has 0 aromatic carbocycles. The molecule has 37 heavy (non-hydrogen) atoms. The molecule has 1 saturated heterocycles.